The van der Waals surface area contributed by atoms with Crippen LogP contribution in [0.5, 0.6) is 0 Å². The van der Waals surface area contributed by atoms with E-state index in [4.69, 9.17) is 0 Å². The number of nitrogens with one attached hydrogen (secondary N) is 1. The first kappa shape index (κ1) is 19.4. The number of benzene rings is 2. The summed E-state index contributed by atoms with van der Waals surface area (Å²) < 4.78 is 27.4. The molecule has 1 aliphatic heterocycles. The van der Waals surface area contributed by atoms with Crippen molar-refractivity contribution in [1.82, 2.24) is 5.32 Å². The van der Waals surface area contributed by atoms with Crippen molar-refractivity contribution in [2.24, 2.45) is 0 Å². The van der Waals surface area contributed by atoms with Crippen molar-refractivity contribution in [2.45, 2.75) is 51.0 Å². The lowest BCUT2D eigenvalue weighted by Gasteiger charge is -2.20. The molecule has 0 bridgehead atoms. The number of fused-ring (bicyclic) bond motifs is 1. The highest BCUT2D eigenvalue weighted by Crippen LogP contribution is 2.33. The summed E-state index contributed by atoms with van der Waals surface area (Å²) in [5, 5.41) is 2.99. The lowest BCUT2D eigenvalue weighted by atomic mass is 10.1. The highest BCUT2D eigenvalue weighted by Gasteiger charge is 2.31. The monoisotopic (exact) mass is 386 g/mol. The Bertz CT molecular complexity index is 936. The molecular formula is C21H26N2O3S. The van der Waals surface area contributed by atoms with Gasteiger partial charge in [0.25, 0.3) is 15.9 Å². The molecule has 1 heterocycles. The Labute approximate surface area is 161 Å². The van der Waals surface area contributed by atoms with E-state index in [1.807, 2.05) is 19.9 Å². The number of hydrogen-bond donors (Lipinski definition) is 1. The van der Waals surface area contributed by atoms with Crippen LogP contribution < -0.4 is 9.62 Å². The van der Waals surface area contributed by atoms with Gasteiger partial charge in [-0.3, -0.25) is 9.10 Å². The predicted octanol–water partition coefficient (Wildman–Crippen LogP) is 3.66. The number of aryl methyl sites for hydroxylation is 1. The van der Waals surface area contributed by atoms with E-state index in [-0.39, 0.29) is 16.8 Å². The fraction of sp³-hybridized carbons (Fsp3) is 0.381. The summed E-state index contributed by atoms with van der Waals surface area (Å²) in [6.07, 6.45) is 2.54. The molecule has 2 aromatic rings. The number of amides is 1. The van der Waals surface area contributed by atoms with Gasteiger partial charge >= 0.3 is 0 Å². The molecule has 0 spiro atoms. The molecule has 0 unspecified atom stereocenters. The van der Waals surface area contributed by atoms with Crippen LogP contribution in [-0.4, -0.2) is 26.9 Å². The third kappa shape index (κ3) is 4.00. The van der Waals surface area contributed by atoms with E-state index < -0.39 is 10.0 Å². The van der Waals surface area contributed by atoms with Gasteiger partial charge < -0.3 is 5.32 Å². The van der Waals surface area contributed by atoms with Crippen molar-refractivity contribution in [2.75, 3.05) is 10.8 Å². The molecule has 0 radical (unpaired) electrons. The highest BCUT2D eigenvalue weighted by molar-refractivity contribution is 7.92. The molecule has 1 atom stereocenters. The Hall–Kier alpha value is -2.34. The molecule has 5 nitrogen and oxygen atoms in total. The van der Waals surface area contributed by atoms with Gasteiger partial charge in [0.05, 0.1) is 10.6 Å². The van der Waals surface area contributed by atoms with Crippen molar-refractivity contribution < 1.29 is 13.2 Å². The van der Waals surface area contributed by atoms with Crippen LogP contribution in [0, 0.1) is 6.92 Å². The van der Waals surface area contributed by atoms with E-state index >= 15 is 0 Å². The molecule has 1 N–H and O–H groups in total. The lowest BCUT2D eigenvalue weighted by molar-refractivity contribution is 0.0938. The topological polar surface area (TPSA) is 66.5 Å². The van der Waals surface area contributed by atoms with Crippen LogP contribution in [0.1, 0.15) is 48.2 Å². The maximum atomic E-state index is 13.0. The second-order valence-corrected chi connectivity index (χ2v) is 9.01. The second kappa shape index (κ2) is 7.72. The quantitative estimate of drug-likeness (QED) is 0.824. The first-order chi connectivity index (χ1) is 12.8. The van der Waals surface area contributed by atoms with Gasteiger partial charge in [-0.1, -0.05) is 31.0 Å². The normalized spacial score (nSPS) is 14.7. The van der Waals surface area contributed by atoms with E-state index in [1.165, 1.54) is 4.31 Å². The van der Waals surface area contributed by atoms with Gasteiger partial charge in [0.2, 0.25) is 0 Å². The van der Waals surface area contributed by atoms with Crippen molar-refractivity contribution in [3.63, 3.8) is 0 Å². The molecule has 144 valence electrons. The third-order valence-electron chi connectivity index (χ3n) is 4.90. The zero-order chi connectivity index (χ0) is 19.6. The summed E-state index contributed by atoms with van der Waals surface area (Å²) in [5.41, 5.74) is 3.14. The van der Waals surface area contributed by atoms with Crippen LogP contribution in [0.25, 0.3) is 0 Å². The number of carbonyl (C=O) groups is 1. The number of nitrogens with zero attached hydrogens (tertiary/aromatic N) is 1. The Morgan fingerprint density at radius 3 is 2.56 bits per heavy atom. The Kier molecular flexibility index (Phi) is 5.56. The van der Waals surface area contributed by atoms with Crippen molar-refractivity contribution in [3.05, 3.63) is 59.2 Å². The fourth-order valence-electron chi connectivity index (χ4n) is 3.41. The molecular weight excluding hydrogens is 360 g/mol. The van der Waals surface area contributed by atoms with Crippen molar-refractivity contribution >= 4 is 21.6 Å². The number of hydrogen-bond acceptors (Lipinski definition) is 3. The van der Waals surface area contributed by atoms with Crippen LogP contribution in [0.3, 0.4) is 0 Å². The Balaban J connectivity index is 1.84. The maximum Gasteiger partial charge on any atom is 0.264 e. The van der Waals surface area contributed by atoms with E-state index in [9.17, 15) is 13.2 Å². The highest BCUT2D eigenvalue weighted by atomic mass is 32.2. The number of sulfonamides is 1. The van der Waals surface area contributed by atoms with E-state index in [0.717, 1.165) is 24.0 Å². The number of rotatable bonds is 6. The van der Waals surface area contributed by atoms with Crippen LogP contribution in [0.2, 0.25) is 0 Å². The summed E-state index contributed by atoms with van der Waals surface area (Å²) in [6, 6.07) is 12.3. The molecule has 0 aromatic heterocycles. The van der Waals surface area contributed by atoms with E-state index in [1.54, 1.807) is 36.4 Å². The summed E-state index contributed by atoms with van der Waals surface area (Å²) >= 11 is 0. The zero-order valence-corrected chi connectivity index (χ0v) is 16.8. The van der Waals surface area contributed by atoms with Gasteiger partial charge in [0.1, 0.15) is 0 Å². The molecule has 1 aliphatic rings. The van der Waals surface area contributed by atoms with Gasteiger partial charge in [0.15, 0.2) is 0 Å². The first-order valence-corrected chi connectivity index (χ1v) is 10.8. The molecule has 6 heteroatoms. The minimum absolute atomic E-state index is 0.112. The van der Waals surface area contributed by atoms with Crippen LogP contribution >= 0.6 is 0 Å². The summed E-state index contributed by atoms with van der Waals surface area (Å²) in [5.74, 6) is -0.112. The van der Waals surface area contributed by atoms with Crippen LogP contribution in [0.4, 0.5) is 5.69 Å². The lowest BCUT2D eigenvalue weighted by Crippen LogP contribution is -2.32. The minimum atomic E-state index is -3.60. The van der Waals surface area contributed by atoms with E-state index in [2.05, 4.69) is 12.2 Å². The van der Waals surface area contributed by atoms with Gasteiger partial charge in [-0.15, -0.1) is 0 Å². The second-order valence-electron chi connectivity index (χ2n) is 7.15. The largest absolute Gasteiger partial charge is 0.350 e. The number of anilines is 1. The Morgan fingerprint density at radius 2 is 1.89 bits per heavy atom. The van der Waals surface area contributed by atoms with Crippen LogP contribution in [0.15, 0.2) is 47.4 Å². The molecule has 0 saturated heterocycles. The average Bonchev–Trinajstić information content (AvgIpc) is 3.06. The molecule has 0 saturated carbocycles. The summed E-state index contributed by atoms with van der Waals surface area (Å²) in [4.78, 5) is 12.7. The zero-order valence-electron chi connectivity index (χ0n) is 16.0. The minimum Gasteiger partial charge on any atom is -0.350 e. The molecule has 3 rings (SSSR count). The molecule has 0 aliphatic carbocycles. The third-order valence-corrected chi connectivity index (χ3v) is 6.73. The first-order valence-electron chi connectivity index (χ1n) is 9.36. The standard InChI is InChI=1S/C21H26N2O3S/c1-4-5-16(3)22-21(24)18-8-11-20-17(14-18)12-13-23(20)27(25,26)19-9-6-15(2)7-10-19/h6-11,14,16H,4-5,12-13H2,1-3H3,(H,22,24)/t16-/m0/s1. The van der Waals surface area contributed by atoms with Gasteiger partial charge in [0, 0.05) is 18.2 Å². The van der Waals surface area contributed by atoms with Crippen molar-refractivity contribution in [3.8, 4) is 0 Å². The maximum absolute atomic E-state index is 13.0. The molecule has 27 heavy (non-hydrogen) atoms. The number of carbonyl (C=O) groups excluding carboxylic acids is 1. The smallest absolute Gasteiger partial charge is 0.264 e. The predicted molar refractivity (Wildman–Crippen MR) is 108 cm³/mol. The fourth-order valence-corrected chi connectivity index (χ4v) is 4.92. The average molecular weight is 387 g/mol. The Morgan fingerprint density at radius 1 is 1.19 bits per heavy atom. The molecule has 1 amide bonds. The summed E-state index contributed by atoms with van der Waals surface area (Å²) in [6.45, 7) is 6.39. The van der Waals surface area contributed by atoms with Crippen LogP contribution in [-0.2, 0) is 16.4 Å². The SMILES string of the molecule is CCC[C@H](C)NC(=O)c1ccc2c(c1)CCN2S(=O)(=O)c1ccc(C)cc1. The van der Waals surface area contributed by atoms with Gasteiger partial charge in [-0.05, 0) is 62.6 Å². The molecule has 2 aromatic carbocycles. The van der Waals surface area contributed by atoms with Gasteiger partial charge in [-0.2, -0.15) is 0 Å². The van der Waals surface area contributed by atoms with Gasteiger partial charge in [-0.25, -0.2) is 8.42 Å². The van der Waals surface area contributed by atoms with E-state index in [0.29, 0.717) is 24.2 Å². The molecule has 0 fully saturated rings. The summed E-state index contributed by atoms with van der Waals surface area (Å²) in [7, 11) is -3.60. The van der Waals surface area contributed by atoms with Crippen molar-refractivity contribution in [1.29, 1.82) is 0 Å².